The van der Waals surface area contributed by atoms with Crippen molar-refractivity contribution in [3.8, 4) is 0 Å². The number of rotatable bonds is 3. The maximum absolute atomic E-state index is 3.66. The first-order valence-corrected chi connectivity index (χ1v) is 7.53. The van der Waals surface area contributed by atoms with Gasteiger partial charge in [0.05, 0.1) is 0 Å². The van der Waals surface area contributed by atoms with Gasteiger partial charge in [-0.05, 0) is 47.9 Å². The van der Waals surface area contributed by atoms with Crippen LogP contribution in [-0.2, 0) is 18.3 Å². The number of aromatic amines is 1. The summed E-state index contributed by atoms with van der Waals surface area (Å²) >= 11 is 0. The topological polar surface area (TPSA) is 15.8 Å². The minimum atomic E-state index is 0.214. The van der Waals surface area contributed by atoms with Crippen molar-refractivity contribution >= 4 is 10.9 Å². The predicted molar refractivity (Wildman–Crippen MR) is 85.1 cm³/mol. The van der Waals surface area contributed by atoms with Crippen LogP contribution in [0.25, 0.3) is 10.9 Å². The van der Waals surface area contributed by atoms with E-state index in [4.69, 9.17) is 0 Å². The van der Waals surface area contributed by atoms with E-state index in [1.165, 1.54) is 39.7 Å². The molecule has 2 aromatic rings. The number of nitrogens with one attached hydrogen (secondary N) is 1. The largest absolute Gasteiger partial charge is 0.358 e. The second-order valence-corrected chi connectivity index (χ2v) is 6.65. The molecule has 1 aromatic heterocycles. The molecule has 19 heavy (non-hydrogen) atoms. The number of hydrogen-bond acceptors (Lipinski definition) is 0. The average Bonchev–Trinajstić information content (AvgIpc) is 2.66. The summed E-state index contributed by atoms with van der Waals surface area (Å²) < 4.78 is 0. The molecule has 104 valence electrons. The van der Waals surface area contributed by atoms with Crippen molar-refractivity contribution in [2.75, 3.05) is 0 Å². The number of aryl methyl sites for hydroxylation is 3. The molecule has 2 rings (SSSR count). The molecule has 1 heteroatoms. The summed E-state index contributed by atoms with van der Waals surface area (Å²) in [7, 11) is 0. The SMILES string of the molecule is CCCc1[nH]c2c(C)cc(C(C)(C)C)cc2c1CC. The first kappa shape index (κ1) is 14.2. The van der Waals surface area contributed by atoms with E-state index in [1.807, 2.05) is 0 Å². The highest BCUT2D eigenvalue weighted by atomic mass is 14.7. The van der Waals surface area contributed by atoms with Crippen molar-refractivity contribution in [3.63, 3.8) is 0 Å². The van der Waals surface area contributed by atoms with E-state index < -0.39 is 0 Å². The zero-order chi connectivity index (χ0) is 14.2. The van der Waals surface area contributed by atoms with E-state index in [9.17, 15) is 0 Å². The van der Waals surface area contributed by atoms with Gasteiger partial charge < -0.3 is 4.98 Å². The molecular weight excluding hydrogens is 230 g/mol. The Morgan fingerprint density at radius 1 is 1.11 bits per heavy atom. The van der Waals surface area contributed by atoms with Gasteiger partial charge in [-0.1, -0.05) is 47.1 Å². The van der Waals surface area contributed by atoms with Crippen LogP contribution in [0.5, 0.6) is 0 Å². The molecule has 0 aliphatic rings. The van der Waals surface area contributed by atoms with E-state index in [2.05, 4.69) is 58.7 Å². The molecule has 1 N–H and O–H groups in total. The lowest BCUT2D eigenvalue weighted by Gasteiger charge is -2.20. The lowest BCUT2D eigenvalue weighted by atomic mass is 9.85. The quantitative estimate of drug-likeness (QED) is 0.769. The van der Waals surface area contributed by atoms with Crippen LogP contribution < -0.4 is 0 Å². The van der Waals surface area contributed by atoms with Crippen LogP contribution >= 0.6 is 0 Å². The van der Waals surface area contributed by atoms with Crippen molar-refractivity contribution in [1.29, 1.82) is 0 Å². The molecule has 0 amide bonds. The van der Waals surface area contributed by atoms with Crippen LogP contribution in [-0.4, -0.2) is 4.98 Å². The molecule has 0 saturated heterocycles. The Morgan fingerprint density at radius 3 is 2.32 bits per heavy atom. The zero-order valence-electron chi connectivity index (χ0n) is 13.3. The van der Waals surface area contributed by atoms with Gasteiger partial charge in [-0.2, -0.15) is 0 Å². The molecule has 1 heterocycles. The van der Waals surface area contributed by atoms with E-state index >= 15 is 0 Å². The van der Waals surface area contributed by atoms with Gasteiger partial charge in [0.1, 0.15) is 0 Å². The molecule has 0 aliphatic heterocycles. The minimum Gasteiger partial charge on any atom is -0.358 e. The lowest BCUT2D eigenvalue weighted by Crippen LogP contribution is -2.11. The molecule has 0 aliphatic carbocycles. The first-order valence-electron chi connectivity index (χ1n) is 7.53. The maximum Gasteiger partial charge on any atom is 0.0488 e. The summed E-state index contributed by atoms with van der Waals surface area (Å²) in [5.41, 5.74) is 7.33. The van der Waals surface area contributed by atoms with Crippen LogP contribution in [0, 0.1) is 6.92 Å². The smallest absolute Gasteiger partial charge is 0.0488 e. The highest BCUT2D eigenvalue weighted by molar-refractivity contribution is 5.88. The molecule has 1 aromatic carbocycles. The maximum atomic E-state index is 3.66. The van der Waals surface area contributed by atoms with Crippen molar-refractivity contribution in [3.05, 3.63) is 34.5 Å². The summed E-state index contributed by atoms with van der Waals surface area (Å²) in [4.78, 5) is 3.66. The Labute approximate surface area is 117 Å². The Morgan fingerprint density at radius 2 is 1.79 bits per heavy atom. The van der Waals surface area contributed by atoms with Gasteiger partial charge in [0.15, 0.2) is 0 Å². The van der Waals surface area contributed by atoms with E-state index in [-0.39, 0.29) is 5.41 Å². The average molecular weight is 257 g/mol. The van der Waals surface area contributed by atoms with Crippen molar-refractivity contribution in [1.82, 2.24) is 4.98 Å². The highest BCUT2D eigenvalue weighted by Gasteiger charge is 2.18. The summed E-state index contributed by atoms with van der Waals surface area (Å²) in [5, 5.41) is 1.44. The molecular formula is C18H27N. The molecule has 0 bridgehead atoms. The Balaban J connectivity index is 2.71. The number of aromatic nitrogens is 1. The first-order chi connectivity index (χ1) is 8.88. The van der Waals surface area contributed by atoms with Crippen LogP contribution in [0.15, 0.2) is 12.1 Å². The zero-order valence-corrected chi connectivity index (χ0v) is 13.3. The fourth-order valence-electron chi connectivity index (χ4n) is 2.88. The van der Waals surface area contributed by atoms with Gasteiger partial charge >= 0.3 is 0 Å². The third kappa shape index (κ3) is 2.56. The van der Waals surface area contributed by atoms with Gasteiger partial charge in [-0.3, -0.25) is 0 Å². The van der Waals surface area contributed by atoms with E-state index in [0.717, 1.165) is 12.8 Å². The summed E-state index contributed by atoms with van der Waals surface area (Å²) in [5.74, 6) is 0. The minimum absolute atomic E-state index is 0.214. The molecule has 0 saturated carbocycles. The summed E-state index contributed by atoms with van der Waals surface area (Å²) in [6.45, 7) is 13.6. The van der Waals surface area contributed by atoms with Crippen LogP contribution in [0.2, 0.25) is 0 Å². The number of hydrogen-bond donors (Lipinski definition) is 1. The molecule has 0 radical (unpaired) electrons. The van der Waals surface area contributed by atoms with Crippen LogP contribution in [0.3, 0.4) is 0 Å². The standard InChI is InChI=1S/C18H27N/c1-7-9-16-14(8-2)15-11-13(18(4,5)6)10-12(3)17(15)19-16/h10-11,19H,7-9H2,1-6H3. The van der Waals surface area contributed by atoms with Gasteiger partial charge in [0.2, 0.25) is 0 Å². The number of benzene rings is 1. The van der Waals surface area contributed by atoms with Crippen molar-refractivity contribution in [2.24, 2.45) is 0 Å². The van der Waals surface area contributed by atoms with Crippen molar-refractivity contribution < 1.29 is 0 Å². The van der Waals surface area contributed by atoms with Crippen LogP contribution in [0.4, 0.5) is 0 Å². The monoisotopic (exact) mass is 257 g/mol. The number of fused-ring (bicyclic) bond motifs is 1. The molecule has 0 fully saturated rings. The van der Waals surface area contributed by atoms with Gasteiger partial charge in [-0.15, -0.1) is 0 Å². The third-order valence-electron chi connectivity index (χ3n) is 4.02. The van der Waals surface area contributed by atoms with E-state index in [0.29, 0.717) is 0 Å². The highest BCUT2D eigenvalue weighted by Crippen LogP contribution is 2.32. The normalized spacial score (nSPS) is 12.3. The Hall–Kier alpha value is -1.24. The molecule has 0 atom stereocenters. The van der Waals surface area contributed by atoms with Crippen LogP contribution in [0.1, 0.15) is 63.4 Å². The summed E-state index contributed by atoms with van der Waals surface area (Å²) in [6.07, 6.45) is 3.47. The fraction of sp³-hybridized carbons (Fsp3) is 0.556. The third-order valence-corrected chi connectivity index (χ3v) is 4.02. The fourth-order valence-corrected chi connectivity index (χ4v) is 2.88. The predicted octanol–water partition coefficient (Wildman–Crippen LogP) is 5.29. The number of H-pyrrole nitrogens is 1. The Kier molecular flexibility index (Phi) is 3.75. The summed E-state index contributed by atoms with van der Waals surface area (Å²) in [6, 6.07) is 4.74. The van der Waals surface area contributed by atoms with Gasteiger partial charge in [-0.25, -0.2) is 0 Å². The Bertz CT molecular complexity index is 582. The second-order valence-electron chi connectivity index (χ2n) is 6.65. The second kappa shape index (κ2) is 5.03. The molecule has 0 spiro atoms. The van der Waals surface area contributed by atoms with Gasteiger partial charge in [0, 0.05) is 16.6 Å². The molecule has 0 unspecified atom stereocenters. The molecule has 1 nitrogen and oxygen atoms in total. The van der Waals surface area contributed by atoms with Gasteiger partial charge in [0.25, 0.3) is 0 Å². The lowest BCUT2D eigenvalue weighted by molar-refractivity contribution is 0.590. The van der Waals surface area contributed by atoms with Crippen molar-refractivity contribution in [2.45, 2.75) is 66.2 Å². The van der Waals surface area contributed by atoms with E-state index in [1.54, 1.807) is 0 Å².